The van der Waals surface area contributed by atoms with Gasteiger partial charge in [-0.25, -0.2) is 0 Å². The third-order valence-electron chi connectivity index (χ3n) is 1.89. The third kappa shape index (κ3) is 3.09. The highest BCUT2D eigenvalue weighted by atomic mass is 35.5. The van der Waals surface area contributed by atoms with E-state index in [1.807, 2.05) is 25.1 Å². The summed E-state index contributed by atoms with van der Waals surface area (Å²) in [5.41, 5.74) is 2.19. The van der Waals surface area contributed by atoms with Gasteiger partial charge in [0.2, 0.25) is 0 Å². The van der Waals surface area contributed by atoms with Crippen LogP contribution in [-0.4, -0.2) is 12.4 Å². The van der Waals surface area contributed by atoms with Gasteiger partial charge in [0.1, 0.15) is 0 Å². The molecule has 0 aliphatic rings. The predicted molar refractivity (Wildman–Crippen MR) is 60.0 cm³/mol. The van der Waals surface area contributed by atoms with Crippen LogP contribution in [0.15, 0.2) is 18.2 Å². The summed E-state index contributed by atoms with van der Waals surface area (Å²) in [4.78, 5) is 0. The molecule has 0 heterocycles. The molecular weight excluding hydrogens is 205 g/mol. The number of rotatable bonds is 4. The first kappa shape index (κ1) is 10.7. The molecule has 1 aromatic rings. The Bertz CT molecular complexity index is 274. The monoisotopic (exact) mass is 217 g/mol. The fourth-order valence-corrected chi connectivity index (χ4v) is 1.40. The highest BCUT2D eigenvalue weighted by Gasteiger charge is 1.99. The van der Waals surface area contributed by atoms with Gasteiger partial charge >= 0.3 is 0 Å². The van der Waals surface area contributed by atoms with Gasteiger partial charge in [-0.3, -0.25) is 0 Å². The highest BCUT2D eigenvalue weighted by Crippen LogP contribution is 2.22. The standard InChI is InChI=1S/C10H13Cl2N/c1-8-9(12)4-2-5-10(8)13-7-3-6-11/h2,4-5,13H,3,6-7H2,1H3. The van der Waals surface area contributed by atoms with E-state index >= 15 is 0 Å². The first-order chi connectivity index (χ1) is 6.25. The van der Waals surface area contributed by atoms with Gasteiger partial charge in [0.25, 0.3) is 0 Å². The zero-order chi connectivity index (χ0) is 9.68. The minimum absolute atomic E-state index is 0.687. The van der Waals surface area contributed by atoms with Gasteiger partial charge in [-0.15, -0.1) is 11.6 Å². The third-order valence-corrected chi connectivity index (χ3v) is 2.57. The fourth-order valence-electron chi connectivity index (χ4n) is 1.09. The number of hydrogen-bond donors (Lipinski definition) is 1. The first-order valence-electron chi connectivity index (χ1n) is 4.30. The number of alkyl halides is 1. The van der Waals surface area contributed by atoms with Crippen LogP contribution in [0.25, 0.3) is 0 Å². The van der Waals surface area contributed by atoms with Crippen molar-refractivity contribution in [2.75, 3.05) is 17.7 Å². The maximum Gasteiger partial charge on any atom is 0.0455 e. The van der Waals surface area contributed by atoms with Gasteiger partial charge in [-0.05, 0) is 31.0 Å². The van der Waals surface area contributed by atoms with E-state index in [2.05, 4.69) is 5.32 Å². The lowest BCUT2D eigenvalue weighted by Crippen LogP contribution is -2.03. The summed E-state index contributed by atoms with van der Waals surface area (Å²) in [5, 5.41) is 4.09. The van der Waals surface area contributed by atoms with Crippen LogP contribution in [0.4, 0.5) is 5.69 Å². The first-order valence-corrected chi connectivity index (χ1v) is 5.22. The molecule has 0 saturated heterocycles. The maximum atomic E-state index is 5.96. The van der Waals surface area contributed by atoms with Gasteiger partial charge < -0.3 is 5.32 Å². The van der Waals surface area contributed by atoms with E-state index in [-0.39, 0.29) is 0 Å². The maximum absolute atomic E-state index is 5.96. The van der Waals surface area contributed by atoms with E-state index in [1.165, 1.54) is 0 Å². The molecule has 0 aliphatic heterocycles. The number of halogens is 2. The zero-order valence-corrected chi connectivity index (χ0v) is 9.12. The summed E-state index contributed by atoms with van der Waals surface area (Å²) >= 11 is 11.5. The number of nitrogens with one attached hydrogen (secondary N) is 1. The molecule has 0 bridgehead atoms. The van der Waals surface area contributed by atoms with E-state index in [0.29, 0.717) is 5.88 Å². The predicted octanol–water partition coefficient (Wildman–Crippen LogP) is 3.69. The van der Waals surface area contributed by atoms with Crippen molar-refractivity contribution < 1.29 is 0 Å². The summed E-state index contributed by atoms with van der Waals surface area (Å²) in [5.74, 6) is 0.687. The lowest BCUT2D eigenvalue weighted by molar-refractivity contribution is 0.985. The Labute approximate surface area is 89.0 Å². The quantitative estimate of drug-likeness (QED) is 0.600. The molecular formula is C10H13Cl2N. The van der Waals surface area contributed by atoms with Gasteiger partial charge in [-0.2, -0.15) is 0 Å². The fraction of sp³-hybridized carbons (Fsp3) is 0.400. The van der Waals surface area contributed by atoms with Crippen molar-refractivity contribution in [1.29, 1.82) is 0 Å². The van der Waals surface area contributed by atoms with E-state index in [1.54, 1.807) is 0 Å². The molecule has 0 spiro atoms. The average Bonchev–Trinajstić information content (AvgIpc) is 2.13. The van der Waals surface area contributed by atoms with Crippen molar-refractivity contribution in [1.82, 2.24) is 0 Å². The molecule has 3 heteroatoms. The van der Waals surface area contributed by atoms with Gasteiger partial charge in [0, 0.05) is 23.1 Å². The van der Waals surface area contributed by atoms with Crippen molar-refractivity contribution in [3.05, 3.63) is 28.8 Å². The van der Waals surface area contributed by atoms with Crippen molar-refractivity contribution in [2.45, 2.75) is 13.3 Å². The number of hydrogen-bond acceptors (Lipinski definition) is 1. The lowest BCUT2D eigenvalue weighted by Gasteiger charge is -2.09. The molecule has 1 N–H and O–H groups in total. The lowest BCUT2D eigenvalue weighted by atomic mass is 10.2. The summed E-state index contributed by atoms with van der Waals surface area (Å²) in [6.45, 7) is 2.90. The Morgan fingerprint density at radius 1 is 1.38 bits per heavy atom. The Hall–Kier alpha value is -0.400. The van der Waals surface area contributed by atoms with Crippen LogP contribution < -0.4 is 5.32 Å². The highest BCUT2D eigenvalue weighted by molar-refractivity contribution is 6.31. The molecule has 13 heavy (non-hydrogen) atoms. The second kappa shape index (κ2) is 5.36. The molecule has 0 amide bonds. The Kier molecular flexibility index (Phi) is 4.40. The Morgan fingerprint density at radius 2 is 2.15 bits per heavy atom. The van der Waals surface area contributed by atoms with Gasteiger partial charge in [0.15, 0.2) is 0 Å². The summed E-state index contributed by atoms with van der Waals surface area (Å²) in [6.07, 6.45) is 0.966. The summed E-state index contributed by atoms with van der Waals surface area (Å²) < 4.78 is 0. The average molecular weight is 218 g/mol. The number of benzene rings is 1. The van der Waals surface area contributed by atoms with Crippen molar-refractivity contribution in [2.24, 2.45) is 0 Å². The smallest absolute Gasteiger partial charge is 0.0455 e. The minimum Gasteiger partial charge on any atom is -0.385 e. The van der Waals surface area contributed by atoms with E-state index < -0.39 is 0 Å². The minimum atomic E-state index is 0.687. The number of anilines is 1. The van der Waals surface area contributed by atoms with Crippen LogP contribution in [0, 0.1) is 6.92 Å². The van der Waals surface area contributed by atoms with Crippen LogP contribution in [-0.2, 0) is 0 Å². The van der Waals surface area contributed by atoms with E-state index in [0.717, 1.165) is 29.2 Å². The SMILES string of the molecule is Cc1c(Cl)cccc1NCCCCl. The van der Waals surface area contributed by atoms with Crippen molar-refractivity contribution in [3.8, 4) is 0 Å². The molecule has 0 radical (unpaired) electrons. The summed E-state index contributed by atoms with van der Waals surface area (Å²) in [6, 6.07) is 5.86. The molecule has 1 aromatic carbocycles. The van der Waals surface area contributed by atoms with Crippen molar-refractivity contribution in [3.63, 3.8) is 0 Å². The second-order valence-electron chi connectivity index (χ2n) is 2.88. The Balaban J connectivity index is 2.61. The molecule has 0 atom stereocenters. The van der Waals surface area contributed by atoms with Gasteiger partial charge in [0.05, 0.1) is 0 Å². The summed E-state index contributed by atoms with van der Waals surface area (Å²) in [7, 11) is 0. The Morgan fingerprint density at radius 3 is 2.85 bits per heavy atom. The van der Waals surface area contributed by atoms with E-state index in [9.17, 15) is 0 Å². The van der Waals surface area contributed by atoms with Crippen LogP contribution in [0.1, 0.15) is 12.0 Å². The molecule has 72 valence electrons. The molecule has 0 saturated carbocycles. The van der Waals surface area contributed by atoms with Crippen LogP contribution in [0.5, 0.6) is 0 Å². The van der Waals surface area contributed by atoms with Crippen LogP contribution in [0.2, 0.25) is 5.02 Å². The normalized spacial score (nSPS) is 10.1. The molecule has 0 fully saturated rings. The zero-order valence-electron chi connectivity index (χ0n) is 7.61. The van der Waals surface area contributed by atoms with Gasteiger partial charge in [-0.1, -0.05) is 17.7 Å². The largest absolute Gasteiger partial charge is 0.385 e. The second-order valence-corrected chi connectivity index (χ2v) is 3.67. The molecule has 0 aromatic heterocycles. The van der Waals surface area contributed by atoms with E-state index in [4.69, 9.17) is 23.2 Å². The van der Waals surface area contributed by atoms with Crippen LogP contribution in [0.3, 0.4) is 0 Å². The van der Waals surface area contributed by atoms with Crippen molar-refractivity contribution >= 4 is 28.9 Å². The molecule has 1 nitrogen and oxygen atoms in total. The topological polar surface area (TPSA) is 12.0 Å². The van der Waals surface area contributed by atoms with Crippen LogP contribution >= 0.6 is 23.2 Å². The molecule has 1 rings (SSSR count). The molecule has 0 aliphatic carbocycles. The molecule has 0 unspecified atom stereocenters.